The van der Waals surface area contributed by atoms with E-state index in [2.05, 4.69) is 15.0 Å². The number of aliphatic hydroxyl groups is 1. The number of nitrogens with zero attached hydrogens (tertiary/aromatic N) is 4. The second kappa shape index (κ2) is 7.46. The van der Waals surface area contributed by atoms with Crippen LogP contribution in [0.1, 0.15) is 42.1 Å². The third-order valence-corrected chi connectivity index (χ3v) is 6.15. The van der Waals surface area contributed by atoms with Crippen molar-refractivity contribution in [3.05, 3.63) is 40.5 Å². The molecule has 8 heteroatoms. The number of aryl methyl sites for hydroxylation is 1. The molecule has 4 rings (SSSR count). The van der Waals surface area contributed by atoms with E-state index in [1.54, 1.807) is 7.11 Å². The van der Waals surface area contributed by atoms with Gasteiger partial charge in [-0.3, -0.25) is 4.90 Å². The summed E-state index contributed by atoms with van der Waals surface area (Å²) in [7, 11) is 1.65. The molecule has 1 unspecified atom stereocenters. The lowest BCUT2D eigenvalue weighted by Crippen LogP contribution is -2.38. The summed E-state index contributed by atoms with van der Waals surface area (Å²) in [4.78, 5) is 8.32. The van der Waals surface area contributed by atoms with Gasteiger partial charge in [-0.1, -0.05) is 30.4 Å². The number of aromatic hydroxyl groups is 1. The molecule has 1 fully saturated rings. The van der Waals surface area contributed by atoms with Crippen molar-refractivity contribution in [1.29, 1.82) is 0 Å². The number of hydrogen-bond acceptors (Lipinski definition) is 7. The lowest BCUT2D eigenvalue weighted by molar-refractivity contribution is 0.0689. The SMILES string of the molecule is CCc1nc2sc(C(c3cccc(OC)c3)N3CCC(O)CC3)c(O)n2n1. The van der Waals surface area contributed by atoms with Gasteiger partial charge in [0.05, 0.1) is 24.1 Å². The predicted molar refractivity (Wildman–Crippen MR) is 104 cm³/mol. The van der Waals surface area contributed by atoms with E-state index in [0.29, 0.717) is 4.96 Å². The summed E-state index contributed by atoms with van der Waals surface area (Å²) in [6.45, 7) is 3.52. The van der Waals surface area contributed by atoms with Gasteiger partial charge in [0.1, 0.15) is 5.75 Å². The van der Waals surface area contributed by atoms with Crippen LogP contribution in [0.2, 0.25) is 0 Å². The molecular formula is C19H24N4O3S. The molecule has 1 aromatic carbocycles. The van der Waals surface area contributed by atoms with E-state index in [9.17, 15) is 10.2 Å². The molecule has 0 radical (unpaired) electrons. The molecule has 1 saturated heterocycles. The quantitative estimate of drug-likeness (QED) is 0.699. The first-order valence-electron chi connectivity index (χ1n) is 9.24. The van der Waals surface area contributed by atoms with Crippen LogP contribution in [0, 0.1) is 0 Å². The Kier molecular flexibility index (Phi) is 5.03. The van der Waals surface area contributed by atoms with Gasteiger partial charge < -0.3 is 14.9 Å². The molecule has 3 heterocycles. The summed E-state index contributed by atoms with van der Waals surface area (Å²) < 4.78 is 6.93. The van der Waals surface area contributed by atoms with Crippen LogP contribution in [-0.2, 0) is 6.42 Å². The van der Waals surface area contributed by atoms with Gasteiger partial charge in [0.25, 0.3) is 0 Å². The van der Waals surface area contributed by atoms with Gasteiger partial charge in [-0.25, -0.2) is 4.98 Å². The molecule has 1 aliphatic rings. The zero-order chi connectivity index (χ0) is 19.0. The minimum atomic E-state index is -0.254. The van der Waals surface area contributed by atoms with Crippen LogP contribution in [0.4, 0.5) is 0 Å². The largest absolute Gasteiger partial charge is 0.497 e. The summed E-state index contributed by atoms with van der Waals surface area (Å²) in [6.07, 6.45) is 1.92. The van der Waals surface area contributed by atoms with E-state index in [4.69, 9.17) is 4.74 Å². The van der Waals surface area contributed by atoms with Crippen molar-refractivity contribution in [2.24, 2.45) is 0 Å². The number of rotatable bonds is 5. The number of hydrogen-bond donors (Lipinski definition) is 2. The number of aliphatic hydroxyl groups excluding tert-OH is 1. The topological polar surface area (TPSA) is 83.1 Å². The number of ether oxygens (including phenoxy) is 1. The summed E-state index contributed by atoms with van der Waals surface area (Å²) in [5.41, 5.74) is 1.04. The maximum absolute atomic E-state index is 10.9. The average Bonchev–Trinajstić information content (AvgIpc) is 3.23. The highest BCUT2D eigenvalue weighted by atomic mass is 32.1. The van der Waals surface area contributed by atoms with Gasteiger partial charge in [-0.15, -0.1) is 5.10 Å². The Morgan fingerprint density at radius 2 is 2.11 bits per heavy atom. The molecule has 27 heavy (non-hydrogen) atoms. The lowest BCUT2D eigenvalue weighted by Gasteiger charge is -2.36. The van der Waals surface area contributed by atoms with E-state index in [1.165, 1.54) is 15.9 Å². The van der Waals surface area contributed by atoms with Crippen LogP contribution < -0.4 is 4.74 Å². The highest BCUT2D eigenvalue weighted by Gasteiger charge is 2.32. The lowest BCUT2D eigenvalue weighted by atomic mass is 9.99. The highest BCUT2D eigenvalue weighted by Crippen LogP contribution is 2.41. The van der Waals surface area contributed by atoms with Crippen LogP contribution in [0.3, 0.4) is 0 Å². The molecule has 2 N–H and O–H groups in total. The number of piperidine rings is 1. The fourth-order valence-electron chi connectivity index (χ4n) is 3.60. The van der Waals surface area contributed by atoms with Crippen LogP contribution in [-0.4, -0.2) is 56.0 Å². The van der Waals surface area contributed by atoms with Crippen molar-refractivity contribution in [3.63, 3.8) is 0 Å². The van der Waals surface area contributed by atoms with Crippen molar-refractivity contribution >= 4 is 16.3 Å². The smallest absolute Gasteiger partial charge is 0.230 e. The van der Waals surface area contributed by atoms with Crippen molar-refractivity contribution in [3.8, 4) is 11.6 Å². The number of benzene rings is 1. The third kappa shape index (κ3) is 3.40. The van der Waals surface area contributed by atoms with Crippen molar-refractivity contribution in [2.45, 2.75) is 38.3 Å². The zero-order valence-electron chi connectivity index (χ0n) is 15.5. The molecule has 0 amide bonds. The van der Waals surface area contributed by atoms with Crippen molar-refractivity contribution in [1.82, 2.24) is 19.5 Å². The van der Waals surface area contributed by atoms with E-state index < -0.39 is 0 Å². The molecule has 0 bridgehead atoms. The van der Waals surface area contributed by atoms with E-state index in [0.717, 1.165) is 54.4 Å². The van der Waals surface area contributed by atoms with Gasteiger partial charge in [0.2, 0.25) is 10.8 Å². The van der Waals surface area contributed by atoms with Gasteiger partial charge in [0.15, 0.2) is 5.82 Å². The maximum Gasteiger partial charge on any atom is 0.230 e. The second-order valence-corrected chi connectivity index (χ2v) is 7.82. The number of aromatic nitrogens is 3. The normalized spacial score (nSPS) is 17.4. The Labute approximate surface area is 161 Å². The fourth-order valence-corrected chi connectivity index (χ4v) is 4.74. The Balaban J connectivity index is 1.79. The predicted octanol–water partition coefficient (Wildman–Crippen LogP) is 2.61. The van der Waals surface area contributed by atoms with E-state index in [1.807, 2.05) is 31.2 Å². The summed E-state index contributed by atoms with van der Waals surface area (Å²) in [5, 5.41) is 25.2. The van der Waals surface area contributed by atoms with Crippen LogP contribution in [0.15, 0.2) is 24.3 Å². The molecule has 1 atom stereocenters. The number of fused-ring (bicyclic) bond motifs is 1. The van der Waals surface area contributed by atoms with Crippen LogP contribution in [0.25, 0.3) is 4.96 Å². The van der Waals surface area contributed by atoms with Crippen LogP contribution >= 0.6 is 11.3 Å². The molecule has 3 aromatic rings. The molecule has 7 nitrogen and oxygen atoms in total. The Morgan fingerprint density at radius 3 is 2.78 bits per heavy atom. The first-order valence-corrected chi connectivity index (χ1v) is 10.1. The van der Waals surface area contributed by atoms with Gasteiger partial charge in [0, 0.05) is 19.5 Å². The van der Waals surface area contributed by atoms with E-state index in [-0.39, 0.29) is 18.0 Å². The minimum absolute atomic E-state index is 0.133. The molecule has 0 aliphatic carbocycles. The third-order valence-electron chi connectivity index (χ3n) is 5.08. The molecular weight excluding hydrogens is 364 g/mol. The van der Waals surface area contributed by atoms with Crippen molar-refractivity contribution < 1.29 is 14.9 Å². The Morgan fingerprint density at radius 1 is 1.33 bits per heavy atom. The monoisotopic (exact) mass is 388 g/mol. The standard InChI is InChI=1S/C19H24N4O3S/c1-3-15-20-19-23(21-15)18(25)17(27-19)16(22-9-7-13(24)8-10-22)12-5-4-6-14(11-12)26-2/h4-6,11,13,16,24-25H,3,7-10H2,1-2H3. The Hall–Kier alpha value is -2.16. The first kappa shape index (κ1) is 18.2. The molecule has 2 aromatic heterocycles. The Bertz CT molecular complexity index is 930. The fraction of sp³-hybridized carbons (Fsp3) is 0.474. The van der Waals surface area contributed by atoms with Crippen molar-refractivity contribution in [2.75, 3.05) is 20.2 Å². The van der Waals surface area contributed by atoms with Gasteiger partial charge in [-0.05, 0) is 30.5 Å². The van der Waals surface area contributed by atoms with Gasteiger partial charge >= 0.3 is 0 Å². The average molecular weight is 388 g/mol. The summed E-state index contributed by atoms with van der Waals surface area (Å²) >= 11 is 1.47. The van der Waals surface area contributed by atoms with E-state index >= 15 is 0 Å². The molecule has 0 spiro atoms. The maximum atomic E-state index is 10.9. The molecule has 1 aliphatic heterocycles. The summed E-state index contributed by atoms with van der Waals surface area (Å²) in [5.74, 6) is 1.64. The first-order chi connectivity index (χ1) is 13.1. The second-order valence-electron chi connectivity index (χ2n) is 6.81. The number of likely N-dealkylation sites (tertiary alicyclic amines) is 1. The van der Waals surface area contributed by atoms with Gasteiger partial charge in [-0.2, -0.15) is 4.52 Å². The number of thiazole rings is 1. The molecule has 0 saturated carbocycles. The molecule has 144 valence electrons. The number of methoxy groups -OCH3 is 1. The summed E-state index contributed by atoms with van der Waals surface area (Å²) in [6, 6.07) is 7.79. The van der Waals surface area contributed by atoms with Crippen LogP contribution in [0.5, 0.6) is 11.6 Å². The minimum Gasteiger partial charge on any atom is -0.497 e. The highest BCUT2D eigenvalue weighted by molar-refractivity contribution is 7.17. The zero-order valence-corrected chi connectivity index (χ0v) is 16.3.